The Labute approximate surface area is 189 Å². The van der Waals surface area contributed by atoms with E-state index < -0.39 is 16.0 Å². The zero-order chi connectivity index (χ0) is 23.3. The number of carbonyl (C=O) groups is 1. The number of rotatable bonds is 10. The number of methoxy groups -OCH3 is 1. The maximum absolute atomic E-state index is 12.9. The molecule has 0 saturated heterocycles. The molecule has 0 atom stereocenters. The number of carboxylic acids is 1. The first-order valence-electron chi connectivity index (χ1n) is 9.93. The van der Waals surface area contributed by atoms with Crippen molar-refractivity contribution in [3.63, 3.8) is 0 Å². The monoisotopic (exact) mass is 468 g/mol. The molecule has 2 aromatic rings. The standard InChI is InChI=1S/C22H29ClN2O5S/c1-14(2)12-25(13-15(3)4)19-8-7-17(11-18(19)22(26)27)24-31(28,29)21-10-16(23)6-9-20(21)30-5/h6-11,14-15,24H,12-13H2,1-5H3,(H,26,27). The average molecular weight is 469 g/mol. The van der Waals surface area contributed by atoms with Gasteiger partial charge >= 0.3 is 5.97 Å². The summed E-state index contributed by atoms with van der Waals surface area (Å²) < 4.78 is 33.4. The number of nitrogens with zero attached hydrogens (tertiary/aromatic N) is 1. The number of carboxylic acid groups (broad SMARTS) is 1. The van der Waals surface area contributed by atoms with Crippen LogP contribution in [0.2, 0.25) is 5.02 Å². The highest BCUT2D eigenvalue weighted by Crippen LogP contribution is 2.31. The third kappa shape index (κ3) is 6.51. The van der Waals surface area contributed by atoms with E-state index in [2.05, 4.69) is 32.4 Å². The van der Waals surface area contributed by atoms with Crippen molar-refractivity contribution in [3.8, 4) is 5.75 Å². The fraction of sp³-hybridized carbons (Fsp3) is 0.409. The lowest BCUT2D eigenvalue weighted by Gasteiger charge is -2.30. The lowest BCUT2D eigenvalue weighted by molar-refractivity contribution is 0.0697. The summed E-state index contributed by atoms with van der Waals surface area (Å²) in [5.74, 6) is -0.344. The van der Waals surface area contributed by atoms with E-state index >= 15 is 0 Å². The zero-order valence-electron chi connectivity index (χ0n) is 18.3. The first kappa shape index (κ1) is 24.8. The highest BCUT2D eigenvalue weighted by Gasteiger charge is 2.23. The summed E-state index contributed by atoms with van der Waals surface area (Å²) in [6.07, 6.45) is 0. The van der Waals surface area contributed by atoms with E-state index in [1.165, 1.54) is 31.4 Å². The Morgan fingerprint density at radius 3 is 2.23 bits per heavy atom. The molecule has 2 rings (SSSR count). The smallest absolute Gasteiger partial charge is 0.337 e. The lowest BCUT2D eigenvalue weighted by Crippen LogP contribution is -2.32. The Kier molecular flexibility index (Phi) is 8.20. The highest BCUT2D eigenvalue weighted by atomic mass is 35.5. The van der Waals surface area contributed by atoms with Gasteiger partial charge in [0.1, 0.15) is 10.6 Å². The molecule has 2 N–H and O–H groups in total. The topological polar surface area (TPSA) is 95.9 Å². The molecule has 0 amide bonds. The molecular formula is C22H29ClN2O5S. The van der Waals surface area contributed by atoms with Crippen LogP contribution in [-0.4, -0.2) is 39.7 Å². The van der Waals surface area contributed by atoms with Crippen LogP contribution in [0, 0.1) is 11.8 Å². The van der Waals surface area contributed by atoms with Crippen molar-refractivity contribution in [2.45, 2.75) is 32.6 Å². The van der Waals surface area contributed by atoms with Crippen LogP contribution >= 0.6 is 11.6 Å². The highest BCUT2D eigenvalue weighted by molar-refractivity contribution is 7.92. The van der Waals surface area contributed by atoms with Gasteiger partial charge in [0, 0.05) is 23.8 Å². The van der Waals surface area contributed by atoms with Gasteiger partial charge in [-0.2, -0.15) is 0 Å². The minimum absolute atomic E-state index is 0.0274. The normalized spacial score (nSPS) is 11.6. The summed E-state index contributed by atoms with van der Waals surface area (Å²) in [7, 11) is -2.70. The van der Waals surface area contributed by atoms with E-state index in [1.807, 2.05) is 4.90 Å². The first-order valence-corrected chi connectivity index (χ1v) is 11.8. The number of ether oxygens (including phenoxy) is 1. The molecule has 0 spiro atoms. The van der Waals surface area contributed by atoms with Crippen molar-refractivity contribution in [2.24, 2.45) is 11.8 Å². The van der Waals surface area contributed by atoms with Crippen molar-refractivity contribution in [2.75, 3.05) is 29.8 Å². The second-order valence-electron chi connectivity index (χ2n) is 8.13. The molecule has 0 unspecified atom stereocenters. The average Bonchev–Trinajstić information content (AvgIpc) is 2.66. The number of nitrogens with one attached hydrogen (secondary N) is 1. The van der Waals surface area contributed by atoms with Gasteiger partial charge in [0.25, 0.3) is 10.0 Å². The molecule has 9 heteroatoms. The Hall–Kier alpha value is -2.45. The molecule has 2 aromatic carbocycles. The molecule has 0 bridgehead atoms. The zero-order valence-corrected chi connectivity index (χ0v) is 19.9. The van der Waals surface area contributed by atoms with E-state index in [0.29, 0.717) is 30.6 Å². The minimum atomic E-state index is -4.06. The molecule has 0 fully saturated rings. The van der Waals surface area contributed by atoms with Gasteiger partial charge in [-0.1, -0.05) is 39.3 Å². The van der Waals surface area contributed by atoms with Gasteiger partial charge in [0.2, 0.25) is 0 Å². The van der Waals surface area contributed by atoms with Crippen LogP contribution in [0.4, 0.5) is 11.4 Å². The van der Waals surface area contributed by atoms with E-state index in [9.17, 15) is 18.3 Å². The van der Waals surface area contributed by atoms with E-state index in [-0.39, 0.29) is 26.9 Å². The molecule has 7 nitrogen and oxygen atoms in total. The third-order valence-electron chi connectivity index (χ3n) is 4.41. The van der Waals surface area contributed by atoms with Gasteiger partial charge in [-0.15, -0.1) is 0 Å². The number of sulfonamides is 1. The molecule has 0 aliphatic carbocycles. The van der Waals surface area contributed by atoms with Gasteiger partial charge < -0.3 is 14.7 Å². The number of halogens is 1. The predicted molar refractivity (Wildman–Crippen MR) is 124 cm³/mol. The molecule has 31 heavy (non-hydrogen) atoms. The van der Waals surface area contributed by atoms with Crippen molar-refractivity contribution >= 4 is 39.0 Å². The number of hydrogen-bond acceptors (Lipinski definition) is 5. The summed E-state index contributed by atoms with van der Waals surface area (Å²) in [6.45, 7) is 9.62. The molecule has 0 aliphatic rings. The second kappa shape index (κ2) is 10.2. The quantitative estimate of drug-likeness (QED) is 0.511. The van der Waals surface area contributed by atoms with Crippen molar-refractivity contribution in [3.05, 3.63) is 47.0 Å². The summed E-state index contributed by atoms with van der Waals surface area (Å²) in [5, 5.41) is 10.0. The van der Waals surface area contributed by atoms with Gasteiger partial charge in [-0.05, 0) is 48.2 Å². The summed E-state index contributed by atoms with van der Waals surface area (Å²) in [4.78, 5) is 13.9. The first-order chi connectivity index (χ1) is 14.4. The van der Waals surface area contributed by atoms with Crippen molar-refractivity contribution in [1.82, 2.24) is 0 Å². The minimum Gasteiger partial charge on any atom is -0.495 e. The van der Waals surface area contributed by atoms with Crippen LogP contribution in [0.5, 0.6) is 5.75 Å². The Bertz CT molecular complexity index is 1030. The third-order valence-corrected chi connectivity index (χ3v) is 6.04. The largest absolute Gasteiger partial charge is 0.495 e. The summed E-state index contributed by atoms with van der Waals surface area (Å²) in [6, 6.07) is 8.79. The van der Waals surface area contributed by atoms with E-state index in [4.69, 9.17) is 16.3 Å². The number of anilines is 2. The molecule has 0 saturated carbocycles. The van der Waals surface area contributed by atoms with Crippen molar-refractivity contribution in [1.29, 1.82) is 0 Å². The van der Waals surface area contributed by atoms with Crippen LogP contribution in [0.15, 0.2) is 41.3 Å². The fourth-order valence-corrected chi connectivity index (χ4v) is 4.75. The maximum atomic E-state index is 12.9. The van der Waals surface area contributed by atoms with Gasteiger partial charge in [0.05, 0.1) is 18.4 Å². The fourth-order valence-electron chi connectivity index (χ4n) is 3.27. The second-order valence-corrected chi connectivity index (χ2v) is 10.2. The maximum Gasteiger partial charge on any atom is 0.337 e. The van der Waals surface area contributed by atoms with Crippen LogP contribution in [0.1, 0.15) is 38.1 Å². The van der Waals surface area contributed by atoms with E-state index in [1.54, 1.807) is 12.1 Å². The molecule has 0 aliphatic heterocycles. The summed E-state index contributed by atoms with van der Waals surface area (Å²) >= 11 is 5.96. The Balaban J connectivity index is 2.47. The molecule has 170 valence electrons. The SMILES string of the molecule is COc1ccc(Cl)cc1S(=O)(=O)Nc1ccc(N(CC(C)C)CC(C)C)c(C(=O)O)c1. The lowest BCUT2D eigenvalue weighted by atomic mass is 10.1. The number of hydrogen-bond donors (Lipinski definition) is 2. The van der Waals surface area contributed by atoms with Crippen LogP contribution in [0.3, 0.4) is 0 Å². The van der Waals surface area contributed by atoms with Gasteiger partial charge in [-0.25, -0.2) is 13.2 Å². The van der Waals surface area contributed by atoms with Gasteiger partial charge in [0.15, 0.2) is 0 Å². The number of aromatic carboxylic acids is 1. The predicted octanol–water partition coefficient (Wildman–Crippen LogP) is 4.97. The van der Waals surface area contributed by atoms with E-state index in [0.717, 1.165) is 0 Å². The molecule has 0 aromatic heterocycles. The van der Waals surface area contributed by atoms with Crippen LogP contribution in [-0.2, 0) is 10.0 Å². The van der Waals surface area contributed by atoms with Crippen LogP contribution in [0.25, 0.3) is 0 Å². The summed E-state index contributed by atoms with van der Waals surface area (Å²) in [5.41, 5.74) is 0.718. The van der Waals surface area contributed by atoms with Gasteiger partial charge in [-0.3, -0.25) is 4.72 Å². The van der Waals surface area contributed by atoms with Crippen molar-refractivity contribution < 1.29 is 23.1 Å². The molecule has 0 heterocycles. The Morgan fingerprint density at radius 1 is 1.10 bits per heavy atom. The molecular weight excluding hydrogens is 440 g/mol. The number of benzene rings is 2. The molecule has 0 radical (unpaired) electrons. The Morgan fingerprint density at radius 2 is 1.71 bits per heavy atom. The van der Waals surface area contributed by atoms with Crippen LogP contribution < -0.4 is 14.4 Å².